The highest BCUT2D eigenvalue weighted by Crippen LogP contribution is 2.17. The molecule has 4 nitrogen and oxygen atoms in total. The first-order valence-corrected chi connectivity index (χ1v) is 6.27. The second-order valence-corrected chi connectivity index (χ2v) is 4.53. The molecule has 0 aliphatic heterocycles. The van der Waals surface area contributed by atoms with Gasteiger partial charge in [0.05, 0.1) is 11.2 Å². The average molecular weight is 310 g/mol. The Morgan fingerprint density at radius 2 is 2.19 bits per heavy atom. The number of benzene rings is 1. The molecule has 2 aromatic rings. The third-order valence-corrected chi connectivity index (χ3v) is 3.00. The number of halogens is 3. The largest absolute Gasteiger partial charge is 0.375 e. The molecule has 0 radical (unpaired) electrons. The minimum atomic E-state index is -0.711. The summed E-state index contributed by atoms with van der Waals surface area (Å²) in [7, 11) is 0. The number of hydrogen-bond donors (Lipinski definition) is 1. The first-order chi connectivity index (χ1) is 10.0. The van der Waals surface area contributed by atoms with Gasteiger partial charge >= 0.3 is 0 Å². The Morgan fingerprint density at radius 1 is 1.43 bits per heavy atom. The highest BCUT2D eigenvalue weighted by atomic mass is 35.5. The van der Waals surface area contributed by atoms with Gasteiger partial charge in [0.1, 0.15) is 23.9 Å². The van der Waals surface area contributed by atoms with Crippen LogP contribution in [-0.2, 0) is 13.1 Å². The number of aromatic nitrogens is 2. The van der Waals surface area contributed by atoms with Gasteiger partial charge in [-0.15, -0.1) is 6.42 Å². The lowest BCUT2D eigenvalue weighted by Gasteiger charge is -2.10. The quantitative estimate of drug-likeness (QED) is 0.882. The van der Waals surface area contributed by atoms with Crippen LogP contribution < -0.4 is 10.9 Å². The Labute approximate surface area is 124 Å². The lowest BCUT2D eigenvalue weighted by Crippen LogP contribution is -2.25. The standard InChI is InChI=1S/C14H10ClF2N3O/c1-2-5-20-14(21)13(11(15)8-19-20)18-7-9-3-4-10(16)6-12(9)17/h1,3-4,6,8,18H,5,7H2. The number of rotatable bonds is 4. The van der Waals surface area contributed by atoms with Crippen molar-refractivity contribution in [2.45, 2.75) is 13.1 Å². The van der Waals surface area contributed by atoms with E-state index in [-0.39, 0.29) is 29.4 Å². The molecule has 0 atom stereocenters. The summed E-state index contributed by atoms with van der Waals surface area (Å²) in [6.07, 6.45) is 6.40. The maximum Gasteiger partial charge on any atom is 0.292 e. The van der Waals surface area contributed by atoms with E-state index in [2.05, 4.69) is 16.3 Å². The van der Waals surface area contributed by atoms with E-state index >= 15 is 0 Å². The first kappa shape index (κ1) is 15.0. The zero-order valence-corrected chi connectivity index (χ0v) is 11.5. The molecule has 0 amide bonds. The monoisotopic (exact) mass is 309 g/mol. The molecule has 0 saturated heterocycles. The Kier molecular flexibility index (Phi) is 4.55. The van der Waals surface area contributed by atoms with E-state index in [9.17, 15) is 13.6 Å². The summed E-state index contributed by atoms with van der Waals surface area (Å²) in [6, 6.07) is 3.18. The summed E-state index contributed by atoms with van der Waals surface area (Å²) in [6.45, 7) is -0.0310. The van der Waals surface area contributed by atoms with E-state index in [1.165, 1.54) is 12.3 Å². The first-order valence-electron chi connectivity index (χ1n) is 5.90. The molecule has 108 valence electrons. The Morgan fingerprint density at radius 3 is 2.86 bits per heavy atom. The van der Waals surface area contributed by atoms with Gasteiger partial charge in [-0.3, -0.25) is 4.79 Å². The lowest BCUT2D eigenvalue weighted by molar-refractivity contribution is 0.574. The summed E-state index contributed by atoms with van der Waals surface area (Å²) in [4.78, 5) is 12.0. The Bertz CT molecular complexity index is 768. The maximum absolute atomic E-state index is 13.5. The minimum Gasteiger partial charge on any atom is -0.375 e. The summed E-state index contributed by atoms with van der Waals surface area (Å²) in [5.41, 5.74) is -0.249. The molecule has 21 heavy (non-hydrogen) atoms. The second kappa shape index (κ2) is 6.37. The van der Waals surface area contributed by atoms with Gasteiger partial charge < -0.3 is 5.32 Å². The van der Waals surface area contributed by atoms with Crippen molar-refractivity contribution in [1.82, 2.24) is 9.78 Å². The summed E-state index contributed by atoms with van der Waals surface area (Å²) in [5, 5.41) is 6.59. The van der Waals surface area contributed by atoms with Crippen LogP contribution >= 0.6 is 11.6 Å². The van der Waals surface area contributed by atoms with Gasteiger partial charge in [-0.1, -0.05) is 23.6 Å². The zero-order valence-electron chi connectivity index (χ0n) is 10.7. The van der Waals surface area contributed by atoms with Crippen LogP contribution in [0.1, 0.15) is 5.56 Å². The molecule has 7 heteroatoms. The van der Waals surface area contributed by atoms with Crippen LogP contribution in [0.3, 0.4) is 0 Å². The molecule has 0 saturated carbocycles. The third-order valence-electron chi connectivity index (χ3n) is 2.71. The average Bonchev–Trinajstić information content (AvgIpc) is 2.44. The number of hydrogen-bond acceptors (Lipinski definition) is 3. The summed E-state index contributed by atoms with van der Waals surface area (Å²) < 4.78 is 27.4. The van der Waals surface area contributed by atoms with Crippen molar-refractivity contribution in [1.29, 1.82) is 0 Å². The fourth-order valence-electron chi connectivity index (χ4n) is 1.68. The van der Waals surface area contributed by atoms with Crippen molar-refractivity contribution in [3.8, 4) is 12.3 Å². The van der Waals surface area contributed by atoms with Crippen LogP contribution in [0.25, 0.3) is 0 Å². The maximum atomic E-state index is 13.5. The smallest absolute Gasteiger partial charge is 0.292 e. The van der Waals surface area contributed by atoms with Crippen molar-refractivity contribution in [3.05, 3.63) is 57.0 Å². The normalized spacial score (nSPS) is 10.2. The van der Waals surface area contributed by atoms with Crippen molar-refractivity contribution in [2.24, 2.45) is 0 Å². The van der Waals surface area contributed by atoms with Crippen molar-refractivity contribution < 1.29 is 8.78 Å². The predicted molar refractivity (Wildman–Crippen MR) is 76.0 cm³/mol. The molecule has 1 N–H and O–H groups in total. The van der Waals surface area contributed by atoms with Crippen LogP contribution in [0.4, 0.5) is 14.5 Å². The van der Waals surface area contributed by atoms with Crippen LogP contribution in [0.15, 0.2) is 29.2 Å². The molecule has 0 aliphatic carbocycles. The van der Waals surface area contributed by atoms with Crippen LogP contribution in [0.5, 0.6) is 0 Å². The summed E-state index contributed by atoms with van der Waals surface area (Å²) in [5.74, 6) is 0.905. The number of nitrogens with zero attached hydrogens (tertiary/aromatic N) is 2. The van der Waals surface area contributed by atoms with Crippen LogP contribution in [-0.4, -0.2) is 9.78 Å². The molecule has 1 heterocycles. The number of terminal acetylenes is 1. The molecule has 0 fully saturated rings. The van der Waals surface area contributed by atoms with Crippen LogP contribution in [0.2, 0.25) is 5.02 Å². The van der Waals surface area contributed by atoms with Gasteiger partial charge in [-0.2, -0.15) is 5.10 Å². The third kappa shape index (κ3) is 3.38. The van der Waals surface area contributed by atoms with Crippen molar-refractivity contribution in [2.75, 3.05) is 5.32 Å². The SMILES string of the molecule is C#CCn1ncc(Cl)c(NCc2ccc(F)cc2F)c1=O. The Hall–Kier alpha value is -2.39. The minimum absolute atomic E-state index is 0.00437. The molecule has 2 rings (SSSR count). The van der Waals surface area contributed by atoms with Gasteiger partial charge in [-0.25, -0.2) is 13.5 Å². The topological polar surface area (TPSA) is 46.9 Å². The van der Waals surface area contributed by atoms with Crippen molar-refractivity contribution in [3.63, 3.8) is 0 Å². The van der Waals surface area contributed by atoms with E-state index < -0.39 is 17.2 Å². The van der Waals surface area contributed by atoms with Crippen LogP contribution in [0, 0.1) is 24.0 Å². The highest BCUT2D eigenvalue weighted by Gasteiger charge is 2.11. The van der Waals surface area contributed by atoms with Gasteiger partial charge in [0, 0.05) is 18.2 Å². The van der Waals surface area contributed by atoms with E-state index in [0.717, 1.165) is 16.8 Å². The van der Waals surface area contributed by atoms with E-state index in [1.54, 1.807) is 0 Å². The molecule has 1 aromatic carbocycles. The van der Waals surface area contributed by atoms with Gasteiger partial charge in [0.25, 0.3) is 5.56 Å². The second-order valence-electron chi connectivity index (χ2n) is 4.12. The molecule has 1 aromatic heterocycles. The number of anilines is 1. The predicted octanol–water partition coefficient (Wildman–Crippen LogP) is 2.42. The van der Waals surface area contributed by atoms with Crippen molar-refractivity contribution >= 4 is 17.3 Å². The molecule has 0 aliphatic rings. The van der Waals surface area contributed by atoms with E-state index in [1.807, 2.05) is 0 Å². The zero-order chi connectivity index (χ0) is 15.4. The molecular weight excluding hydrogens is 300 g/mol. The van der Waals surface area contributed by atoms with E-state index in [0.29, 0.717) is 0 Å². The fourth-order valence-corrected chi connectivity index (χ4v) is 1.87. The summed E-state index contributed by atoms with van der Waals surface area (Å²) >= 11 is 5.89. The lowest BCUT2D eigenvalue weighted by atomic mass is 10.2. The van der Waals surface area contributed by atoms with E-state index in [4.69, 9.17) is 18.0 Å². The molecular formula is C14H10ClF2N3O. The Balaban J connectivity index is 2.26. The van der Waals surface area contributed by atoms with Gasteiger partial charge in [0.15, 0.2) is 0 Å². The highest BCUT2D eigenvalue weighted by molar-refractivity contribution is 6.32. The molecule has 0 unspecified atom stereocenters. The number of nitrogens with one attached hydrogen (secondary N) is 1. The van der Waals surface area contributed by atoms with Gasteiger partial charge in [0.2, 0.25) is 0 Å². The fraction of sp³-hybridized carbons (Fsp3) is 0.143. The molecule has 0 bridgehead atoms. The molecule has 0 spiro atoms. The van der Waals surface area contributed by atoms with Gasteiger partial charge in [-0.05, 0) is 6.07 Å².